The molecule has 1 aliphatic heterocycles. The van der Waals surface area contributed by atoms with Gasteiger partial charge in [-0.2, -0.15) is 5.10 Å². The normalized spacial score (nSPS) is 15.9. The lowest BCUT2D eigenvalue weighted by Crippen LogP contribution is -2.40. The zero-order chi connectivity index (χ0) is 22.4. The smallest absolute Gasteiger partial charge is 0.248 e. The van der Waals surface area contributed by atoms with Crippen molar-refractivity contribution in [2.75, 3.05) is 13.2 Å². The minimum absolute atomic E-state index is 0.176. The number of H-pyrrole nitrogens is 1. The van der Waals surface area contributed by atoms with Gasteiger partial charge in [-0.15, -0.1) is 0 Å². The third kappa shape index (κ3) is 3.48. The second kappa shape index (κ2) is 8.28. The van der Waals surface area contributed by atoms with Crippen molar-refractivity contribution >= 4 is 40.0 Å². The molecular weight excluding hydrogens is 447 g/mol. The molecule has 1 atom stereocenters. The average Bonchev–Trinajstić information content (AvgIpc) is 3.46. The van der Waals surface area contributed by atoms with Crippen LogP contribution >= 0.6 is 23.2 Å². The Labute approximate surface area is 195 Å². The van der Waals surface area contributed by atoms with Crippen molar-refractivity contribution in [2.45, 2.75) is 25.8 Å². The van der Waals surface area contributed by atoms with E-state index in [1.165, 1.54) is 0 Å². The number of carbonyl (C=O) groups is 1. The van der Waals surface area contributed by atoms with E-state index in [4.69, 9.17) is 23.2 Å². The van der Waals surface area contributed by atoms with Gasteiger partial charge in [-0.05, 0) is 48.7 Å². The standard InChI is InChI=1S/C24H22Cl2N4O2/c1-14-21-19(7-10-29(14)20(32)13-31)28-24-22(21)16(12-18(25)23(24)26)11-15-3-5-17(6-4-15)30-9-2-8-27-30/h2-6,8-9,12,14,28,31H,7,10-11,13H2,1H3/t14-/m0/s1. The Bertz CT molecular complexity index is 1300. The highest BCUT2D eigenvalue weighted by Crippen LogP contribution is 2.42. The highest BCUT2D eigenvalue weighted by molar-refractivity contribution is 6.45. The molecule has 164 valence electrons. The monoisotopic (exact) mass is 468 g/mol. The van der Waals surface area contributed by atoms with Gasteiger partial charge in [-0.25, -0.2) is 4.68 Å². The zero-order valence-electron chi connectivity index (χ0n) is 17.5. The van der Waals surface area contributed by atoms with Crippen LogP contribution in [0.1, 0.15) is 35.3 Å². The molecule has 0 fully saturated rings. The first-order valence-corrected chi connectivity index (χ1v) is 11.2. The zero-order valence-corrected chi connectivity index (χ0v) is 19.0. The third-order valence-corrected chi connectivity index (χ3v) is 7.00. The molecule has 0 bridgehead atoms. The summed E-state index contributed by atoms with van der Waals surface area (Å²) in [5.74, 6) is -0.270. The summed E-state index contributed by atoms with van der Waals surface area (Å²) in [6.07, 6.45) is 5.00. The lowest BCUT2D eigenvalue weighted by Gasteiger charge is -2.33. The van der Waals surface area contributed by atoms with E-state index in [9.17, 15) is 9.90 Å². The van der Waals surface area contributed by atoms with Gasteiger partial charge < -0.3 is 15.0 Å². The maximum atomic E-state index is 12.3. The molecule has 0 unspecified atom stereocenters. The number of amides is 1. The fourth-order valence-corrected chi connectivity index (χ4v) is 5.11. The number of benzene rings is 2. The molecule has 1 amide bonds. The molecule has 3 heterocycles. The molecular formula is C24H22Cl2N4O2. The van der Waals surface area contributed by atoms with Crippen molar-refractivity contribution in [1.82, 2.24) is 19.7 Å². The Kier molecular flexibility index (Phi) is 5.45. The van der Waals surface area contributed by atoms with Crippen molar-refractivity contribution in [3.05, 3.63) is 81.2 Å². The maximum absolute atomic E-state index is 12.3. The summed E-state index contributed by atoms with van der Waals surface area (Å²) in [6.45, 7) is 2.05. The number of nitrogens with zero attached hydrogens (tertiary/aromatic N) is 3. The second-order valence-corrected chi connectivity index (χ2v) is 8.85. The summed E-state index contributed by atoms with van der Waals surface area (Å²) in [7, 11) is 0. The lowest BCUT2D eigenvalue weighted by molar-refractivity contribution is -0.136. The van der Waals surface area contributed by atoms with Crippen LogP contribution in [0.2, 0.25) is 10.0 Å². The van der Waals surface area contributed by atoms with Gasteiger partial charge in [0.1, 0.15) is 6.61 Å². The van der Waals surface area contributed by atoms with Crippen LogP contribution in [-0.4, -0.2) is 43.8 Å². The Hall–Kier alpha value is -2.80. The van der Waals surface area contributed by atoms with Crippen molar-refractivity contribution in [2.24, 2.45) is 0 Å². The number of aromatic nitrogens is 3. The summed E-state index contributed by atoms with van der Waals surface area (Å²) >= 11 is 13.1. The first kappa shape index (κ1) is 21.1. The van der Waals surface area contributed by atoms with Gasteiger partial charge >= 0.3 is 0 Å². The Morgan fingerprint density at radius 3 is 2.75 bits per heavy atom. The predicted molar refractivity (Wildman–Crippen MR) is 126 cm³/mol. The molecule has 0 saturated heterocycles. The van der Waals surface area contributed by atoms with Gasteiger partial charge in [0.2, 0.25) is 5.91 Å². The minimum Gasteiger partial charge on any atom is -0.387 e. The number of fused-ring (bicyclic) bond motifs is 3. The highest BCUT2D eigenvalue weighted by Gasteiger charge is 2.32. The Balaban J connectivity index is 1.58. The molecule has 4 aromatic rings. The number of aromatic amines is 1. The number of aliphatic hydroxyl groups excluding tert-OH is 1. The number of aliphatic hydroxyl groups is 1. The van der Waals surface area contributed by atoms with Crippen LogP contribution < -0.4 is 0 Å². The predicted octanol–water partition coefficient (Wildman–Crippen LogP) is 4.69. The van der Waals surface area contributed by atoms with Gasteiger partial charge in [0.25, 0.3) is 0 Å². The SMILES string of the molecule is C[C@H]1c2c([nH]c3c(Cl)c(Cl)cc(Cc4ccc(-n5cccn5)cc4)c23)CCN1C(=O)CO. The second-order valence-electron chi connectivity index (χ2n) is 8.06. The van der Waals surface area contributed by atoms with E-state index < -0.39 is 6.61 Å². The number of carbonyl (C=O) groups excluding carboxylic acids is 1. The fourth-order valence-electron chi connectivity index (χ4n) is 4.69. The molecule has 5 rings (SSSR count). The number of hydrogen-bond donors (Lipinski definition) is 2. The molecule has 2 N–H and O–H groups in total. The summed E-state index contributed by atoms with van der Waals surface area (Å²) in [4.78, 5) is 17.5. The average molecular weight is 469 g/mol. The van der Waals surface area contributed by atoms with E-state index in [2.05, 4.69) is 22.2 Å². The number of hydrogen-bond acceptors (Lipinski definition) is 3. The van der Waals surface area contributed by atoms with Crippen LogP contribution in [0, 0.1) is 0 Å². The number of rotatable bonds is 4. The van der Waals surface area contributed by atoms with Gasteiger partial charge in [0.05, 0.1) is 27.3 Å². The van der Waals surface area contributed by atoms with E-state index in [0.29, 0.717) is 29.4 Å². The lowest BCUT2D eigenvalue weighted by atomic mass is 9.92. The van der Waals surface area contributed by atoms with Crippen molar-refractivity contribution in [1.29, 1.82) is 0 Å². The highest BCUT2D eigenvalue weighted by atomic mass is 35.5. The van der Waals surface area contributed by atoms with E-state index in [0.717, 1.165) is 39.0 Å². The largest absolute Gasteiger partial charge is 0.387 e. The van der Waals surface area contributed by atoms with E-state index in [1.807, 2.05) is 42.1 Å². The van der Waals surface area contributed by atoms with Crippen molar-refractivity contribution in [3.8, 4) is 5.69 Å². The molecule has 0 spiro atoms. The number of nitrogens with one attached hydrogen (secondary N) is 1. The van der Waals surface area contributed by atoms with E-state index in [1.54, 1.807) is 11.1 Å². The topological polar surface area (TPSA) is 74.2 Å². The Morgan fingerprint density at radius 1 is 1.28 bits per heavy atom. The summed E-state index contributed by atoms with van der Waals surface area (Å²) in [5, 5.41) is 15.7. The summed E-state index contributed by atoms with van der Waals surface area (Å²) in [5.41, 5.74) is 6.08. The van der Waals surface area contributed by atoms with Crippen LogP contribution in [0.25, 0.3) is 16.6 Å². The molecule has 1 aliphatic rings. The van der Waals surface area contributed by atoms with Crippen molar-refractivity contribution in [3.63, 3.8) is 0 Å². The van der Waals surface area contributed by atoms with Crippen molar-refractivity contribution < 1.29 is 9.90 Å². The quantitative estimate of drug-likeness (QED) is 0.456. The third-order valence-electron chi connectivity index (χ3n) is 6.22. The van der Waals surface area contributed by atoms with Crippen LogP contribution in [-0.2, 0) is 17.6 Å². The first-order valence-electron chi connectivity index (χ1n) is 10.5. The van der Waals surface area contributed by atoms with Gasteiger partial charge in [-0.1, -0.05) is 35.3 Å². The molecule has 2 aromatic carbocycles. The minimum atomic E-state index is -0.496. The van der Waals surface area contributed by atoms with Gasteiger partial charge in [-0.3, -0.25) is 4.79 Å². The molecule has 8 heteroatoms. The van der Waals surface area contributed by atoms with Crippen LogP contribution in [0.4, 0.5) is 0 Å². The molecule has 6 nitrogen and oxygen atoms in total. The van der Waals surface area contributed by atoms with Crippen LogP contribution in [0.5, 0.6) is 0 Å². The molecule has 0 saturated carbocycles. The van der Waals surface area contributed by atoms with Gasteiger partial charge in [0, 0.05) is 42.0 Å². The van der Waals surface area contributed by atoms with E-state index >= 15 is 0 Å². The summed E-state index contributed by atoms with van der Waals surface area (Å²) in [6, 6.07) is 11.9. The fraction of sp³-hybridized carbons (Fsp3) is 0.250. The number of halogens is 2. The van der Waals surface area contributed by atoms with Crippen LogP contribution in [0.15, 0.2) is 48.8 Å². The molecule has 0 radical (unpaired) electrons. The Morgan fingerprint density at radius 2 is 2.06 bits per heavy atom. The molecule has 32 heavy (non-hydrogen) atoms. The first-order chi connectivity index (χ1) is 15.5. The van der Waals surface area contributed by atoms with Gasteiger partial charge in [0.15, 0.2) is 0 Å². The molecule has 2 aromatic heterocycles. The van der Waals surface area contributed by atoms with E-state index in [-0.39, 0.29) is 11.9 Å². The molecule has 0 aliphatic carbocycles. The van der Waals surface area contributed by atoms with Crippen LogP contribution in [0.3, 0.4) is 0 Å². The summed E-state index contributed by atoms with van der Waals surface area (Å²) < 4.78 is 1.82. The maximum Gasteiger partial charge on any atom is 0.248 e.